The Labute approximate surface area is 107 Å². The second kappa shape index (κ2) is 5.38. The average molecular weight is 279 g/mol. The average Bonchev–Trinajstić information content (AvgIpc) is 2.31. The second-order valence-corrected chi connectivity index (χ2v) is 5.45. The predicted molar refractivity (Wildman–Crippen MR) is 65.4 cm³/mol. The maximum atomic E-state index is 13.1. The molecule has 0 radical (unpaired) electrons. The van der Waals surface area contributed by atoms with Crippen LogP contribution in [0, 0.1) is 5.82 Å². The molecule has 1 nitrogen and oxygen atoms in total. The standard InChI is InChI=1S/C12H13F4NS/c13-11-2-1-9(7-10(11)12(14,15)16)17-8-3-5-18-6-4-8/h1-2,7-8,17H,3-6H2. The highest BCUT2D eigenvalue weighted by Gasteiger charge is 2.34. The van der Waals surface area contributed by atoms with E-state index in [9.17, 15) is 17.6 Å². The molecule has 1 aliphatic rings. The van der Waals surface area contributed by atoms with Gasteiger partial charge in [-0.3, -0.25) is 0 Å². The van der Waals surface area contributed by atoms with E-state index in [1.54, 1.807) is 0 Å². The summed E-state index contributed by atoms with van der Waals surface area (Å²) >= 11 is 1.84. The van der Waals surface area contributed by atoms with Crippen LogP contribution in [0.15, 0.2) is 18.2 Å². The first-order valence-corrected chi connectivity index (χ1v) is 6.83. The van der Waals surface area contributed by atoms with Gasteiger partial charge < -0.3 is 5.32 Å². The summed E-state index contributed by atoms with van der Waals surface area (Å²) < 4.78 is 50.7. The molecule has 18 heavy (non-hydrogen) atoms. The van der Waals surface area contributed by atoms with E-state index in [-0.39, 0.29) is 6.04 Å². The van der Waals surface area contributed by atoms with Gasteiger partial charge in [-0.05, 0) is 42.5 Å². The molecule has 0 bridgehead atoms. The fourth-order valence-electron chi connectivity index (χ4n) is 1.91. The number of anilines is 1. The van der Waals surface area contributed by atoms with Gasteiger partial charge in [-0.1, -0.05) is 0 Å². The van der Waals surface area contributed by atoms with Crippen molar-refractivity contribution in [2.45, 2.75) is 25.1 Å². The number of halogens is 4. The van der Waals surface area contributed by atoms with E-state index in [4.69, 9.17) is 0 Å². The van der Waals surface area contributed by atoms with Crippen LogP contribution < -0.4 is 5.32 Å². The number of alkyl halides is 3. The largest absolute Gasteiger partial charge is 0.419 e. The van der Waals surface area contributed by atoms with Crippen molar-refractivity contribution in [3.05, 3.63) is 29.6 Å². The number of nitrogens with one attached hydrogen (secondary N) is 1. The van der Waals surface area contributed by atoms with E-state index >= 15 is 0 Å². The molecule has 0 aliphatic carbocycles. The number of rotatable bonds is 2. The predicted octanol–water partition coefficient (Wildman–Crippen LogP) is 4.15. The molecule has 0 unspecified atom stereocenters. The number of benzene rings is 1. The molecule has 1 N–H and O–H groups in total. The first-order chi connectivity index (χ1) is 8.47. The Hall–Kier alpha value is -0.910. The first-order valence-electron chi connectivity index (χ1n) is 5.68. The molecule has 1 aromatic rings. The maximum absolute atomic E-state index is 13.1. The van der Waals surface area contributed by atoms with E-state index in [1.807, 2.05) is 11.8 Å². The maximum Gasteiger partial charge on any atom is 0.419 e. The van der Waals surface area contributed by atoms with Crippen LogP contribution >= 0.6 is 11.8 Å². The molecule has 1 saturated heterocycles. The van der Waals surface area contributed by atoms with Gasteiger partial charge in [0.1, 0.15) is 5.82 Å². The third kappa shape index (κ3) is 3.31. The molecule has 100 valence electrons. The van der Waals surface area contributed by atoms with Crippen LogP contribution in [0.25, 0.3) is 0 Å². The molecule has 0 saturated carbocycles. The van der Waals surface area contributed by atoms with E-state index < -0.39 is 17.6 Å². The van der Waals surface area contributed by atoms with Crippen molar-refractivity contribution in [3.63, 3.8) is 0 Å². The van der Waals surface area contributed by atoms with Gasteiger partial charge in [-0.15, -0.1) is 0 Å². The minimum atomic E-state index is -4.65. The van der Waals surface area contributed by atoms with Gasteiger partial charge in [-0.2, -0.15) is 24.9 Å². The molecule has 0 aromatic heterocycles. The van der Waals surface area contributed by atoms with Crippen molar-refractivity contribution in [2.75, 3.05) is 16.8 Å². The van der Waals surface area contributed by atoms with Gasteiger partial charge in [0.25, 0.3) is 0 Å². The van der Waals surface area contributed by atoms with E-state index in [0.29, 0.717) is 5.69 Å². The van der Waals surface area contributed by atoms with Crippen molar-refractivity contribution in [3.8, 4) is 0 Å². The smallest absolute Gasteiger partial charge is 0.382 e. The van der Waals surface area contributed by atoms with Gasteiger partial charge in [0.2, 0.25) is 0 Å². The van der Waals surface area contributed by atoms with Crippen LogP contribution in [0.2, 0.25) is 0 Å². The fraction of sp³-hybridized carbons (Fsp3) is 0.500. The minimum Gasteiger partial charge on any atom is -0.382 e. The van der Waals surface area contributed by atoms with Crippen molar-refractivity contribution >= 4 is 17.4 Å². The normalized spacial score (nSPS) is 17.8. The van der Waals surface area contributed by atoms with Crippen LogP contribution in [0.3, 0.4) is 0 Å². The quantitative estimate of drug-likeness (QED) is 0.816. The van der Waals surface area contributed by atoms with Crippen molar-refractivity contribution in [1.82, 2.24) is 0 Å². The molecule has 0 atom stereocenters. The van der Waals surface area contributed by atoms with E-state index in [1.165, 1.54) is 6.07 Å². The summed E-state index contributed by atoms with van der Waals surface area (Å²) in [5.41, 5.74) is -0.877. The molecule has 1 heterocycles. The Balaban J connectivity index is 2.14. The molecule has 0 spiro atoms. The first kappa shape index (κ1) is 13.5. The molecule has 0 amide bonds. The lowest BCUT2D eigenvalue weighted by Crippen LogP contribution is -2.24. The summed E-state index contributed by atoms with van der Waals surface area (Å²) in [5.74, 6) is 0.781. The van der Waals surface area contributed by atoms with E-state index in [2.05, 4.69) is 5.32 Å². The zero-order valence-corrected chi connectivity index (χ0v) is 10.4. The highest BCUT2D eigenvalue weighted by Crippen LogP contribution is 2.33. The van der Waals surface area contributed by atoms with Gasteiger partial charge in [0.05, 0.1) is 5.56 Å². The number of hydrogen-bond acceptors (Lipinski definition) is 2. The molecular formula is C12H13F4NS. The molecule has 1 aliphatic heterocycles. The third-order valence-electron chi connectivity index (χ3n) is 2.86. The van der Waals surface area contributed by atoms with Crippen molar-refractivity contribution in [1.29, 1.82) is 0 Å². The van der Waals surface area contributed by atoms with Crippen LogP contribution in [0.5, 0.6) is 0 Å². The van der Waals surface area contributed by atoms with Gasteiger partial charge in [-0.25, -0.2) is 4.39 Å². The van der Waals surface area contributed by atoms with Crippen LogP contribution in [0.1, 0.15) is 18.4 Å². The molecular weight excluding hydrogens is 266 g/mol. The van der Waals surface area contributed by atoms with Gasteiger partial charge in [0, 0.05) is 11.7 Å². The minimum absolute atomic E-state index is 0.179. The Bertz CT molecular complexity index is 413. The van der Waals surface area contributed by atoms with Crippen LogP contribution in [0.4, 0.5) is 23.2 Å². The second-order valence-electron chi connectivity index (χ2n) is 4.22. The summed E-state index contributed by atoms with van der Waals surface area (Å²) in [7, 11) is 0. The Kier molecular flexibility index (Phi) is 4.04. The zero-order valence-electron chi connectivity index (χ0n) is 9.56. The Morgan fingerprint density at radius 3 is 2.44 bits per heavy atom. The number of hydrogen-bond donors (Lipinski definition) is 1. The highest BCUT2D eigenvalue weighted by atomic mass is 32.2. The van der Waals surface area contributed by atoms with E-state index in [0.717, 1.165) is 36.5 Å². The van der Waals surface area contributed by atoms with Crippen LogP contribution in [-0.4, -0.2) is 17.5 Å². The summed E-state index contributed by atoms with van der Waals surface area (Å²) in [5, 5.41) is 3.04. The Morgan fingerprint density at radius 2 is 1.83 bits per heavy atom. The lowest BCUT2D eigenvalue weighted by Gasteiger charge is -2.24. The zero-order chi connectivity index (χ0) is 13.2. The lowest BCUT2D eigenvalue weighted by atomic mass is 10.1. The van der Waals surface area contributed by atoms with Gasteiger partial charge >= 0.3 is 6.18 Å². The highest BCUT2D eigenvalue weighted by molar-refractivity contribution is 7.99. The lowest BCUT2D eigenvalue weighted by molar-refractivity contribution is -0.139. The van der Waals surface area contributed by atoms with Crippen molar-refractivity contribution < 1.29 is 17.6 Å². The molecule has 1 fully saturated rings. The molecule has 6 heteroatoms. The molecule has 1 aromatic carbocycles. The van der Waals surface area contributed by atoms with Crippen LogP contribution in [-0.2, 0) is 6.18 Å². The third-order valence-corrected chi connectivity index (χ3v) is 3.91. The molecule has 2 rings (SSSR count). The SMILES string of the molecule is Fc1ccc(NC2CCSCC2)cc1C(F)(F)F. The summed E-state index contributed by atoms with van der Waals surface area (Å²) in [4.78, 5) is 0. The summed E-state index contributed by atoms with van der Waals surface area (Å²) in [6.45, 7) is 0. The Morgan fingerprint density at radius 1 is 1.17 bits per heavy atom. The monoisotopic (exact) mass is 279 g/mol. The topological polar surface area (TPSA) is 12.0 Å². The summed E-state index contributed by atoms with van der Waals surface area (Å²) in [6, 6.07) is 3.24. The van der Waals surface area contributed by atoms with Gasteiger partial charge in [0.15, 0.2) is 0 Å². The fourth-order valence-corrected chi connectivity index (χ4v) is 3.02. The summed E-state index contributed by atoms with van der Waals surface area (Å²) in [6.07, 6.45) is -2.81. The number of thioether (sulfide) groups is 1. The van der Waals surface area contributed by atoms with Crippen molar-refractivity contribution in [2.24, 2.45) is 0 Å².